The van der Waals surface area contributed by atoms with E-state index < -0.39 is 17.2 Å². The molecule has 0 radical (unpaired) electrons. The third-order valence-corrected chi connectivity index (χ3v) is 5.71. The number of pyridine rings is 1. The highest BCUT2D eigenvalue weighted by atomic mass is 19.1. The monoisotopic (exact) mass is 452 g/mol. The molecule has 1 fully saturated rings. The van der Waals surface area contributed by atoms with Gasteiger partial charge >= 0.3 is 0 Å². The first-order valence-electron chi connectivity index (χ1n) is 10.2. The summed E-state index contributed by atoms with van der Waals surface area (Å²) in [5, 5.41) is 0.578. The van der Waals surface area contributed by atoms with Crippen molar-refractivity contribution in [3.63, 3.8) is 0 Å². The van der Waals surface area contributed by atoms with Gasteiger partial charge in [0.05, 0.1) is 36.7 Å². The maximum Gasteiger partial charge on any atom is 0.246 e. The van der Waals surface area contributed by atoms with Crippen LogP contribution >= 0.6 is 0 Å². The summed E-state index contributed by atoms with van der Waals surface area (Å²) in [4.78, 5) is 17.9. The molecule has 33 heavy (non-hydrogen) atoms. The molecule has 9 heteroatoms. The number of rotatable bonds is 4. The minimum atomic E-state index is -0.924. The van der Waals surface area contributed by atoms with Crippen molar-refractivity contribution in [1.82, 2.24) is 14.5 Å². The van der Waals surface area contributed by atoms with E-state index in [2.05, 4.69) is 23.4 Å². The summed E-state index contributed by atoms with van der Waals surface area (Å²) in [6.07, 6.45) is 5.38. The van der Waals surface area contributed by atoms with Crippen molar-refractivity contribution < 1.29 is 23.0 Å². The molecule has 1 saturated heterocycles. The number of nitrogens with zero attached hydrogens (tertiary/aromatic N) is 3. The highest BCUT2D eigenvalue weighted by Gasteiger charge is 2.28. The molecule has 1 aliphatic heterocycles. The van der Waals surface area contributed by atoms with Crippen molar-refractivity contribution in [2.24, 2.45) is 0 Å². The van der Waals surface area contributed by atoms with Gasteiger partial charge in [-0.2, -0.15) is 0 Å². The Labute approximate surface area is 189 Å². The molecule has 1 amide bonds. The zero-order chi connectivity index (χ0) is 23.7. The van der Waals surface area contributed by atoms with Crippen LogP contribution in [-0.2, 0) is 4.79 Å². The molecule has 170 valence electrons. The average molecular weight is 452 g/mol. The van der Waals surface area contributed by atoms with Crippen LogP contribution in [0.2, 0.25) is 0 Å². The van der Waals surface area contributed by atoms with E-state index in [0.717, 1.165) is 18.0 Å². The number of anilines is 1. The number of amides is 1. The molecule has 2 N–H and O–H groups in total. The number of aromatic nitrogens is 2. The summed E-state index contributed by atoms with van der Waals surface area (Å²) in [5.74, 6) is 3.32. The van der Waals surface area contributed by atoms with Crippen LogP contribution in [0.1, 0.15) is 23.6 Å². The number of carbonyl (C=O) groups excluding carboxylic acids is 1. The van der Waals surface area contributed by atoms with Crippen LogP contribution in [0.15, 0.2) is 37.2 Å². The van der Waals surface area contributed by atoms with Crippen molar-refractivity contribution in [1.29, 1.82) is 0 Å². The Morgan fingerprint density at radius 1 is 1.27 bits per heavy atom. The molecule has 0 saturated carbocycles. The maximum absolute atomic E-state index is 14.7. The number of carbonyl (C=O) groups is 1. The number of likely N-dealkylation sites (tertiary alicyclic amines) is 1. The Balaban J connectivity index is 1.82. The normalized spacial score (nSPS) is 15.3. The lowest BCUT2D eigenvalue weighted by Crippen LogP contribution is -2.27. The molecule has 1 unspecified atom stereocenters. The lowest BCUT2D eigenvalue weighted by atomic mass is 10.1. The van der Waals surface area contributed by atoms with Crippen molar-refractivity contribution in [2.75, 3.05) is 33.0 Å². The lowest BCUT2D eigenvalue weighted by Gasteiger charge is -2.16. The Kier molecular flexibility index (Phi) is 5.92. The Bertz CT molecular complexity index is 1290. The SMILES string of the molecule is C=CC(=O)N1CCC(n2cc(C#Cc3c(F)c(OC)cc(OC)c3F)c3c(N)nccc32)C1. The van der Waals surface area contributed by atoms with Crippen LogP contribution < -0.4 is 15.2 Å². The Morgan fingerprint density at radius 2 is 1.97 bits per heavy atom. The molecule has 4 rings (SSSR count). The number of nitrogens with two attached hydrogens (primary N) is 1. The molecular formula is C24H22F2N4O3. The van der Waals surface area contributed by atoms with Crippen LogP contribution in [0.4, 0.5) is 14.6 Å². The van der Waals surface area contributed by atoms with Gasteiger partial charge in [0.2, 0.25) is 5.91 Å². The molecule has 2 aromatic heterocycles. The minimum absolute atomic E-state index is 0.0147. The van der Waals surface area contributed by atoms with Gasteiger partial charge in [-0.25, -0.2) is 13.8 Å². The number of methoxy groups -OCH3 is 2. The van der Waals surface area contributed by atoms with E-state index in [0.29, 0.717) is 24.0 Å². The van der Waals surface area contributed by atoms with E-state index in [9.17, 15) is 13.6 Å². The third-order valence-electron chi connectivity index (χ3n) is 5.71. The summed E-state index contributed by atoms with van der Waals surface area (Å²) in [6.45, 7) is 4.63. The fourth-order valence-corrected chi connectivity index (χ4v) is 4.05. The number of hydrogen-bond donors (Lipinski definition) is 1. The van der Waals surface area contributed by atoms with E-state index in [1.165, 1.54) is 20.3 Å². The summed E-state index contributed by atoms with van der Waals surface area (Å²) in [7, 11) is 2.55. The van der Waals surface area contributed by atoms with Gasteiger partial charge in [0.1, 0.15) is 11.4 Å². The zero-order valence-electron chi connectivity index (χ0n) is 18.2. The Hall–Kier alpha value is -4.06. The quantitative estimate of drug-likeness (QED) is 0.485. The fourth-order valence-electron chi connectivity index (χ4n) is 4.05. The van der Waals surface area contributed by atoms with Crippen LogP contribution in [0.5, 0.6) is 11.5 Å². The van der Waals surface area contributed by atoms with Crippen molar-refractivity contribution in [3.05, 3.63) is 59.9 Å². The van der Waals surface area contributed by atoms with Crippen molar-refractivity contribution >= 4 is 22.6 Å². The molecule has 0 bridgehead atoms. The molecule has 1 aliphatic rings. The number of hydrogen-bond acceptors (Lipinski definition) is 5. The first kappa shape index (κ1) is 22.1. The topological polar surface area (TPSA) is 82.6 Å². The van der Waals surface area contributed by atoms with Gasteiger partial charge in [-0.1, -0.05) is 18.4 Å². The van der Waals surface area contributed by atoms with E-state index >= 15 is 0 Å². The molecule has 1 atom stereocenters. The standard InChI is InChI=1S/C24H22F2N4O3/c1-4-20(31)29-10-8-15(13-29)30-12-14(21-17(30)7-9-28-24(21)27)5-6-16-22(25)18(32-2)11-19(33-3)23(16)26/h4,7,9,11-12,15H,1,8,10,13H2,2-3H3,(H2,27,28). The summed E-state index contributed by atoms with van der Waals surface area (Å²) >= 11 is 0. The van der Waals surface area contributed by atoms with Gasteiger partial charge in [-0.3, -0.25) is 4.79 Å². The van der Waals surface area contributed by atoms with Crippen LogP contribution in [0.25, 0.3) is 10.9 Å². The van der Waals surface area contributed by atoms with Crippen molar-refractivity contribution in [3.8, 4) is 23.3 Å². The van der Waals surface area contributed by atoms with Gasteiger partial charge in [0, 0.05) is 31.5 Å². The van der Waals surface area contributed by atoms with Crippen LogP contribution in [0.3, 0.4) is 0 Å². The van der Waals surface area contributed by atoms with Gasteiger partial charge in [-0.05, 0) is 18.6 Å². The summed E-state index contributed by atoms with van der Waals surface area (Å²) in [5.41, 5.74) is 6.89. The smallest absolute Gasteiger partial charge is 0.246 e. The second-order valence-corrected chi connectivity index (χ2v) is 7.51. The molecule has 3 aromatic rings. The van der Waals surface area contributed by atoms with Gasteiger partial charge in [0.25, 0.3) is 0 Å². The molecule has 0 spiro atoms. The average Bonchev–Trinajstić information content (AvgIpc) is 3.44. The second-order valence-electron chi connectivity index (χ2n) is 7.51. The van der Waals surface area contributed by atoms with E-state index in [4.69, 9.17) is 15.2 Å². The molecule has 7 nitrogen and oxygen atoms in total. The van der Waals surface area contributed by atoms with Crippen LogP contribution in [-0.4, -0.2) is 47.7 Å². The zero-order valence-corrected chi connectivity index (χ0v) is 18.2. The molecule has 0 aliphatic carbocycles. The van der Waals surface area contributed by atoms with E-state index in [-0.39, 0.29) is 29.3 Å². The van der Waals surface area contributed by atoms with Crippen LogP contribution in [0, 0.1) is 23.5 Å². The number of ether oxygens (including phenoxy) is 2. The summed E-state index contributed by atoms with van der Waals surface area (Å²) in [6, 6.07) is 2.91. The van der Waals surface area contributed by atoms with E-state index in [1.807, 2.05) is 4.57 Å². The summed E-state index contributed by atoms with van der Waals surface area (Å²) < 4.78 is 41.4. The first-order valence-corrected chi connectivity index (χ1v) is 10.2. The van der Waals surface area contributed by atoms with Gasteiger partial charge in [-0.15, -0.1) is 0 Å². The number of nitrogen functional groups attached to an aromatic ring is 1. The fraction of sp³-hybridized carbons (Fsp3) is 0.250. The molecule has 3 heterocycles. The molecular weight excluding hydrogens is 430 g/mol. The van der Waals surface area contributed by atoms with Gasteiger partial charge < -0.3 is 24.7 Å². The van der Waals surface area contributed by atoms with Crippen molar-refractivity contribution in [2.45, 2.75) is 12.5 Å². The third kappa shape index (κ3) is 3.84. The highest BCUT2D eigenvalue weighted by molar-refractivity contribution is 5.95. The Morgan fingerprint density at radius 3 is 2.61 bits per heavy atom. The number of halogens is 2. The minimum Gasteiger partial charge on any atom is -0.493 e. The number of benzene rings is 1. The predicted molar refractivity (Wildman–Crippen MR) is 120 cm³/mol. The predicted octanol–water partition coefficient (Wildman–Crippen LogP) is 3.27. The highest BCUT2D eigenvalue weighted by Crippen LogP contribution is 2.33. The lowest BCUT2D eigenvalue weighted by molar-refractivity contribution is -0.125. The number of fused-ring (bicyclic) bond motifs is 1. The second kappa shape index (κ2) is 8.82. The molecule has 1 aromatic carbocycles. The van der Waals surface area contributed by atoms with Gasteiger partial charge in [0.15, 0.2) is 23.1 Å². The first-order chi connectivity index (χ1) is 15.9. The maximum atomic E-state index is 14.7. The largest absolute Gasteiger partial charge is 0.493 e. The van der Waals surface area contributed by atoms with E-state index in [1.54, 1.807) is 23.4 Å².